The Morgan fingerprint density at radius 2 is 1.70 bits per heavy atom. The molecule has 0 aliphatic rings. The molecule has 172 valence electrons. The molecular weight excluding hydrogens is 423 g/mol. The zero-order chi connectivity index (χ0) is 23.8. The van der Waals surface area contributed by atoms with E-state index in [9.17, 15) is 14.0 Å². The summed E-state index contributed by atoms with van der Waals surface area (Å²) in [5, 5.41) is 2.89. The third-order valence-corrected chi connectivity index (χ3v) is 5.31. The van der Waals surface area contributed by atoms with Gasteiger partial charge >= 0.3 is 0 Å². The quantitative estimate of drug-likeness (QED) is 0.277. The molecule has 7 heteroatoms. The number of amides is 1. The lowest BCUT2D eigenvalue weighted by atomic mass is 9.97. The van der Waals surface area contributed by atoms with Gasteiger partial charge in [0.1, 0.15) is 5.82 Å². The van der Waals surface area contributed by atoms with Gasteiger partial charge in [0.2, 0.25) is 5.91 Å². The number of ketones is 1. The Morgan fingerprint density at radius 3 is 2.39 bits per heavy atom. The Labute approximate surface area is 192 Å². The average molecular weight is 451 g/mol. The number of carbonyl (C=O) groups excluding carboxylic acids is 2. The van der Waals surface area contributed by atoms with Crippen molar-refractivity contribution in [1.82, 2.24) is 5.32 Å². The Hall–Kier alpha value is -3.87. The standard InChI is InChI=1S/C26H27FN2O4/c1-32-22-13-8-17(15-23(22)33-2)5-4-14-29-24(30)16-19-6-3-7-21(25(19)28)26(31)18-9-11-20(27)12-10-18/h3,6-13,15H,4-5,14,16,28H2,1-2H3,(H,29,30). The smallest absolute Gasteiger partial charge is 0.224 e. The minimum Gasteiger partial charge on any atom is -0.493 e. The highest BCUT2D eigenvalue weighted by molar-refractivity contribution is 6.12. The van der Waals surface area contributed by atoms with Crippen LogP contribution in [0.3, 0.4) is 0 Å². The molecule has 3 rings (SSSR count). The summed E-state index contributed by atoms with van der Waals surface area (Å²) in [5.74, 6) is 0.429. The number of anilines is 1. The first-order valence-corrected chi connectivity index (χ1v) is 10.6. The minimum atomic E-state index is -0.420. The zero-order valence-corrected chi connectivity index (χ0v) is 18.7. The number of carbonyl (C=O) groups is 2. The number of nitrogen functional groups attached to an aromatic ring is 1. The largest absolute Gasteiger partial charge is 0.493 e. The number of nitrogens with one attached hydrogen (secondary N) is 1. The molecular formula is C26H27FN2O4. The van der Waals surface area contributed by atoms with Crippen LogP contribution in [0.1, 0.15) is 33.5 Å². The number of benzene rings is 3. The fourth-order valence-corrected chi connectivity index (χ4v) is 3.51. The Morgan fingerprint density at radius 1 is 0.970 bits per heavy atom. The van der Waals surface area contributed by atoms with Crippen molar-refractivity contribution >= 4 is 17.4 Å². The Kier molecular flexibility index (Phi) is 8.02. The maximum absolute atomic E-state index is 13.1. The molecule has 0 atom stereocenters. The monoisotopic (exact) mass is 450 g/mol. The zero-order valence-electron chi connectivity index (χ0n) is 18.7. The minimum absolute atomic E-state index is 0.0622. The SMILES string of the molecule is COc1ccc(CCCNC(=O)Cc2cccc(C(=O)c3ccc(F)cc3)c2N)cc1OC. The molecule has 0 aliphatic carbocycles. The van der Waals surface area contributed by atoms with Crippen LogP contribution < -0.4 is 20.5 Å². The van der Waals surface area contributed by atoms with Crippen molar-refractivity contribution in [3.05, 3.63) is 88.7 Å². The molecule has 0 unspecified atom stereocenters. The maximum atomic E-state index is 13.1. The van der Waals surface area contributed by atoms with Crippen molar-refractivity contribution in [3.8, 4) is 11.5 Å². The highest BCUT2D eigenvalue weighted by Gasteiger charge is 2.16. The summed E-state index contributed by atoms with van der Waals surface area (Å²) in [6.45, 7) is 0.501. The summed E-state index contributed by atoms with van der Waals surface area (Å²) in [7, 11) is 3.18. The number of nitrogens with two attached hydrogens (primary N) is 1. The summed E-state index contributed by atoms with van der Waals surface area (Å²) in [6, 6.07) is 16.0. The predicted molar refractivity (Wildman–Crippen MR) is 125 cm³/mol. The number of ether oxygens (including phenoxy) is 2. The van der Waals surface area contributed by atoms with Crippen LogP contribution in [0.15, 0.2) is 60.7 Å². The molecule has 0 fully saturated rings. The van der Waals surface area contributed by atoms with Gasteiger partial charge in [-0.3, -0.25) is 9.59 Å². The third-order valence-electron chi connectivity index (χ3n) is 5.31. The first-order valence-electron chi connectivity index (χ1n) is 10.6. The van der Waals surface area contributed by atoms with E-state index in [0.717, 1.165) is 18.4 Å². The molecule has 0 heterocycles. The first kappa shape index (κ1) is 23.8. The topological polar surface area (TPSA) is 90.7 Å². The van der Waals surface area contributed by atoms with Crippen molar-refractivity contribution in [1.29, 1.82) is 0 Å². The van der Waals surface area contributed by atoms with Gasteiger partial charge in [-0.2, -0.15) is 0 Å². The van der Waals surface area contributed by atoms with Crippen molar-refractivity contribution in [3.63, 3.8) is 0 Å². The van der Waals surface area contributed by atoms with Crippen LogP contribution in [-0.4, -0.2) is 32.5 Å². The van der Waals surface area contributed by atoms with E-state index in [2.05, 4.69) is 5.32 Å². The van der Waals surface area contributed by atoms with Crippen LogP contribution in [-0.2, 0) is 17.6 Å². The van der Waals surface area contributed by atoms with Crippen molar-refractivity contribution < 1.29 is 23.5 Å². The van der Waals surface area contributed by atoms with Crippen LogP contribution in [0.2, 0.25) is 0 Å². The van der Waals surface area contributed by atoms with Gasteiger partial charge in [-0.05, 0) is 66.4 Å². The molecule has 3 aromatic rings. The summed E-state index contributed by atoms with van der Waals surface area (Å²) in [6.07, 6.45) is 1.58. The van der Waals surface area contributed by atoms with Crippen LogP contribution in [0.4, 0.5) is 10.1 Å². The van der Waals surface area contributed by atoms with E-state index < -0.39 is 5.82 Å². The van der Waals surface area contributed by atoms with Gasteiger partial charge < -0.3 is 20.5 Å². The third kappa shape index (κ3) is 6.10. The van der Waals surface area contributed by atoms with Gasteiger partial charge in [0, 0.05) is 23.4 Å². The number of para-hydroxylation sites is 1. The van der Waals surface area contributed by atoms with Crippen LogP contribution in [0.25, 0.3) is 0 Å². The molecule has 0 spiro atoms. The molecule has 3 aromatic carbocycles. The first-order chi connectivity index (χ1) is 15.9. The molecule has 3 N–H and O–H groups in total. The van der Waals surface area contributed by atoms with Gasteiger partial charge in [0.15, 0.2) is 17.3 Å². The van der Waals surface area contributed by atoms with Gasteiger partial charge in [0.05, 0.1) is 20.6 Å². The van der Waals surface area contributed by atoms with Crippen molar-refractivity contribution in [2.24, 2.45) is 0 Å². The molecule has 0 aromatic heterocycles. The van der Waals surface area contributed by atoms with Crippen molar-refractivity contribution in [2.45, 2.75) is 19.3 Å². The van der Waals surface area contributed by atoms with Gasteiger partial charge in [-0.1, -0.05) is 18.2 Å². The lowest BCUT2D eigenvalue weighted by Gasteiger charge is -2.12. The molecule has 33 heavy (non-hydrogen) atoms. The second-order valence-corrected chi connectivity index (χ2v) is 7.53. The predicted octanol–water partition coefficient (Wildman–Crippen LogP) is 3.95. The number of halogens is 1. The lowest BCUT2D eigenvalue weighted by molar-refractivity contribution is -0.120. The second kappa shape index (κ2) is 11.1. The molecule has 1 amide bonds. The average Bonchev–Trinajstić information content (AvgIpc) is 2.83. The van der Waals surface area contributed by atoms with Gasteiger partial charge in [-0.15, -0.1) is 0 Å². The van der Waals surface area contributed by atoms with E-state index in [1.54, 1.807) is 32.4 Å². The van der Waals surface area contributed by atoms with Crippen molar-refractivity contribution in [2.75, 3.05) is 26.5 Å². The number of hydrogen-bond acceptors (Lipinski definition) is 5. The maximum Gasteiger partial charge on any atom is 0.224 e. The highest BCUT2D eigenvalue weighted by atomic mass is 19.1. The highest BCUT2D eigenvalue weighted by Crippen LogP contribution is 2.28. The van der Waals surface area contributed by atoms with E-state index in [0.29, 0.717) is 34.7 Å². The van der Waals surface area contributed by atoms with E-state index in [1.165, 1.54) is 24.3 Å². The van der Waals surface area contributed by atoms with Gasteiger partial charge in [0.25, 0.3) is 0 Å². The summed E-state index contributed by atoms with van der Waals surface area (Å²) >= 11 is 0. The molecule has 0 saturated carbocycles. The Bertz CT molecular complexity index is 1130. The number of aryl methyl sites for hydroxylation is 1. The molecule has 0 bridgehead atoms. The number of methoxy groups -OCH3 is 2. The fraction of sp³-hybridized carbons (Fsp3) is 0.231. The van der Waals surface area contributed by atoms with E-state index in [4.69, 9.17) is 15.2 Å². The lowest BCUT2D eigenvalue weighted by Crippen LogP contribution is -2.27. The number of hydrogen-bond donors (Lipinski definition) is 2. The molecule has 0 aliphatic heterocycles. The van der Waals surface area contributed by atoms with E-state index in [-0.39, 0.29) is 23.8 Å². The molecule has 0 radical (unpaired) electrons. The summed E-state index contributed by atoms with van der Waals surface area (Å²) in [5.41, 5.74) is 8.72. The fourth-order valence-electron chi connectivity index (χ4n) is 3.51. The summed E-state index contributed by atoms with van der Waals surface area (Å²) in [4.78, 5) is 25.1. The summed E-state index contributed by atoms with van der Waals surface area (Å²) < 4.78 is 23.7. The van der Waals surface area contributed by atoms with Gasteiger partial charge in [-0.25, -0.2) is 4.39 Å². The number of rotatable bonds is 10. The van der Waals surface area contributed by atoms with E-state index in [1.807, 2.05) is 18.2 Å². The van der Waals surface area contributed by atoms with Crippen LogP contribution >= 0.6 is 0 Å². The van der Waals surface area contributed by atoms with Crippen LogP contribution in [0, 0.1) is 5.82 Å². The van der Waals surface area contributed by atoms with E-state index >= 15 is 0 Å². The Balaban J connectivity index is 1.55. The normalized spacial score (nSPS) is 10.5. The van der Waals surface area contributed by atoms with Crippen LogP contribution in [0.5, 0.6) is 11.5 Å². The second-order valence-electron chi connectivity index (χ2n) is 7.53. The molecule has 0 saturated heterocycles. The molecule has 6 nitrogen and oxygen atoms in total.